The van der Waals surface area contributed by atoms with Crippen molar-refractivity contribution in [1.82, 2.24) is 10.1 Å². The van der Waals surface area contributed by atoms with Crippen LogP contribution in [-0.4, -0.2) is 36.4 Å². The summed E-state index contributed by atoms with van der Waals surface area (Å²) in [5, 5.41) is 7.50. The summed E-state index contributed by atoms with van der Waals surface area (Å²) in [5.41, 5.74) is 3.53. The van der Waals surface area contributed by atoms with Crippen molar-refractivity contribution in [3.63, 3.8) is 0 Å². The van der Waals surface area contributed by atoms with Crippen LogP contribution in [0.1, 0.15) is 50.0 Å². The van der Waals surface area contributed by atoms with Crippen molar-refractivity contribution in [2.45, 2.75) is 39.7 Å². The second-order valence-electron chi connectivity index (χ2n) is 6.61. The number of aromatic nitrogens is 2. The quantitative estimate of drug-likeness (QED) is 0.905. The topological polar surface area (TPSA) is 63.4 Å². The van der Waals surface area contributed by atoms with Crippen molar-refractivity contribution in [1.29, 1.82) is 0 Å². The molecule has 0 aliphatic carbocycles. The summed E-state index contributed by atoms with van der Waals surface area (Å²) in [6, 6.07) is 6.46. The highest BCUT2D eigenvalue weighted by Crippen LogP contribution is 2.26. The van der Waals surface area contributed by atoms with Crippen LogP contribution in [0.2, 0.25) is 0 Å². The molecular weight excluding hydrogens is 304 g/mol. The van der Waals surface area contributed by atoms with Crippen LogP contribution < -0.4 is 10.2 Å². The van der Waals surface area contributed by atoms with Gasteiger partial charge in [0.2, 0.25) is 5.89 Å². The fourth-order valence-electron chi connectivity index (χ4n) is 2.78. The summed E-state index contributed by atoms with van der Waals surface area (Å²) in [6.45, 7) is 11.8. The molecule has 1 aliphatic rings. The molecule has 2 aromatic rings. The van der Waals surface area contributed by atoms with Gasteiger partial charge in [0.1, 0.15) is 6.04 Å². The van der Waals surface area contributed by atoms with Crippen LogP contribution in [0.5, 0.6) is 0 Å². The molecule has 0 bridgehead atoms. The standard InChI is InChI=1S/C18H26N4O2/c1-12(2)17-20-18(24-21-17)14(4)19-16-6-5-15(11-13(16)3)22-7-9-23-10-8-22/h5-6,11-12,14,19H,7-10H2,1-4H3/t14-/m1/s1. The molecule has 1 aliphatic heterocycles. The molecule has 130 valence electrons. The Labute approximate surface area is 143 Å². The van der Waals surface area contributed by atoms with E-state index in [-0.39, 0.29) is 12.0 Å². The summed E-state index contributed by atoms with van der Waals surface area (Å²) in [6.07, 6.45) is 0. The lowest BCUT2D eigenvalue weighted by Gasteiger charge is -2.29. The largest absolute Gasteiger partial charge is 0.378 e. The fraction of sp³-hybridized carbons (Fsp3) is 0.556. The Kier molecular flexibility index (Phi) is 5.04. The Morgan fingerprint density at radius 1 is 1.17 bits per heavy atom. The van der Waals surface area contributed by atoms with Gasteiger partial charge in [0.25, 0.3) is 0 Å². The first kappa shape index (κ1) is 16.8. The van der Waals surface area contributed by atoms with E-state index in [9.17, 15) is 0 Å². The minimum absolute atomic E-state index is 0.0297. The molecule has 0 amide bonds. The number of morpholine rings is 1. The Morgan fingerprint density at radius 2 is 1.92 bits per heavy atom. The van der Waals surface area contributed by atoms with E-state index in [4.69, 9.17) is 9.26 Å². The van der Waals surface area contributed by atoms with E-state index in [1.165, 1.54) is 11.3 Å². The number of nitrogens with one attached hydrogen (secondary N) is 1. The number of aryl methyl sites for hydroxylation is 1. The minimum Gasteiger partial charge on any atom is -0.378 e. The number of nitrogens with zero attached hydrogens (tertiary/aromatic N) is 3. The van der Waals surface area contributed by atoms with E-state index in [1.807, 2.05) is 6.92 Å². The first-order chi connectivity index (χ1) is 11.5. The van der Waals surface area contributed by atoms with Gasteiger partial charge in [0.05, 0.1) is 13.2 Å². The Morgan fingerprint density at radius 3 is 2.54 bits per heavy atom. The maximum Gasteiger partial charge on any atom is 0.248 e. The molecular formula is C18H26N4O2. The molecule has 1 aromatic heterocycles. The highest BCUT2D eigenvalue weighted by atomic mass is 16.5. The maximum atomic E-state index is 5.42. The van der Waals surface area contributed by atoms with E-state index in [0.717, 1.165) is 37.8 Å². The van der Waals surface area contributed by atoms with Gasteiger partial charge in [-0.3, -0.25) is 0 Å². The van der Waals surface area contributed by atoms with Crippen LogP contribution >= 0.6 is 0 Å². The third-order valence-corrected chi connectivity index (χ3v) is 4.30. The summed E-state index contributed by atoms with van der Waals surface area (Å²) in [4.78, 5) is 6.82. The molecule has 6 heteroatoms. The van der Waals surface area contributed by atoms with Crippen molar-refractivity contribution in [3.8, 4) is 0 Å². The molecule has 0 unspecified atom stereocenters. The second-order valence-corrected chi connectivity index (χ2v) is 6.61. The van der Waals surface area contributed by atoms with Gasteiger partial charge in [-0.2, -0.15) is 4.98 Å². The van der Waals surface area contributed by atoms with Gasteiger partial charge in [-0.05, 0) is 37.6 Å². The lowest BCUT2D eigenvalue weighted by Crippen LogP contribution is -2.36. The molecule has 6 nitrogen and oxygen atoms in total. The molecule has 1 N–H and O–H groups in total. The van der Waals surface area contributed by atoms with Crippen LogP contribution in [-0.2, 0) is 4.74 Å². The number of ether oxygens (including phenoxy) is 1. The monoisotopic (exact) mass is 330 g/mol. The number of hydrogen-bond donors (Lipinski definition) is 1. The first-order valence-electron chi connectivity index (χ1n) is 8.58. The van der Waals surface area contributed by atoms with Crippen molar-refractivity contribution in [3.05, 3.63) is 35.5 Å². The molecule has 2 heterocycles. The normalized spacial score (nSPS) is 16.5. The molecule has 0 spiro atoms. The van der Waals surface area contributed by atoms with Crippen molar-refractivity contribution in [2.24, 2.45) is 0 Å². The lowest BCUT2D eigenvalue weighted by molar-refractivity contribution is 0.122. The van der Waals surface area contributed by atoms with Gasteiger partial charge in [0, 0.05) is 30.4 Å². The SMILES string of the molecule is Cc1cc(N2CCOCC2)ccc1N[C@H](C)c1nc(C(C)C)no1. The smallest absolute Gasteiger partial charge is 0.248 e. The predicted molar refractivity (Wildman–Crippen MR) is 94.6 cm³/mol. The summed E-state index contributed by atoms with van der Waals surface area (Å²) >= 11 is 0. The van der Waals surface area contributed by atoms with Gasteiger partial charge >= 0.3 is 0 Å². The van der Waals surface area contributed by atoms with E-state index in [1.54, 1.807) is 0 Å². The van der Waals surface area contributed by atoms with E-state index < -0.39 is 0 Å². The van der Waals surface area contributed by atoms with Crippen LogP contribution in [0.25, 0.3) is 0 Å². The van der Waals surface area contributed by atoms with Crippen LogP contribution in [0.15, 0.2) is 22.7 Å². The van der Waals surface area contributed by atoms with Gasteiger partial charge in [-0.1, -0.05) is 19.0 Å². The number of benzene rings is 1. The Bertz CT molecular complexity index is 677. The molecule has 24 heavy (non-hydrogen) atoms. The third kappa shape index (κ3) is 3.70. The number of rotatable bonds is 5. The molecule has 0 radical (unpaired) electrons. The van der Waals surface area contributed by atoms with E-state index >= 15 is 0 Å². The van der Waals surface area contributed by atoms with Crippen LogP contribution in [0, 0.1) is 6.92 Å². The summed E-state index contributed by atoms with van der Waals surface area (Å²) in [5.74, 6) is 1.64. The van der Waals surface area contributed by atoms with Crippen LogP contribution in [0.3, 0.4) is 0 Å². The predicted octanol–water partition coefficient (Wildman–Crippen LogP) is 3.51. The average Bonchev–Trinajstić information content (AvgIpc) is 3.08. The second kappa shape index (κ2) is 7.21. The molecule has 1 saturated heterocycles. The zero-order valence-corrected chi connectivity index (χ0v) is 14.9. The highest BCUT2D eigenvalue weighted by Gasteiger charge is 2.17. The van der Waals surface area contributed by atoms with Crippen molar-refractivity contribution in [2.75, 3.05) is 36.5 Å². The van der Waals surface area contributed by atoms with Crippen molar-refractivity contribution >= 4 is 11.4 Å². The van der Waals surface area contributed by atoms with Gasteiger partial charge in [0.15, 0.2) is 5.82 Å². The zero-order valence-electron chi connectivity index (χ0n) is 14.9. The van der Waals surface area contributed by atoms with Crippen LogP contribution in [0.4, 0.5) is 11.4 Å². The summed E-state index contributed by atoms with van der Waals surface area (Å²) in [7, 11) is 0. The lowest BCUT2D eigenvalue weighted by atomic mass is 10.1. The first-order valence-corrected chi connectivity index (χ1v) is 8.58. The number of anilines is 2. The molecule has 0 saturated carbocycles. The Hall–Kier alpha value is -2.08. The average molecular weight is 330 g/mol. The minimum atomic E-state index is -0.0297. The van der Waals surface area contributed by atoms with E-state index in [0.29, 0.717) is 5.89 Å². The van der Waals surface area contributed by atoms with Gasteiger partial charge in [-0.15, -0.1) is 0 Å². The Balaban J connectivity index is 1.70. The van der Waals surface area contributed by atoms with Gasteiger partial charge in [-0.25, -0.2) is 0 Å². The van der Waals surface area contributed by atoms with Gasteiger partial charge < -0.3 is 19.5 Å². The zero-order chi connectivity index (χ0) is 17.1. The molecule has 1 atom stereocenters. The fourth-order valence-corrected chi connectivity index (χ4v) is 2.78. The third-order valence-electron chi connectivity index (χ3n) is 4.30. The summed E-state index contributed by atoms with van der Waals surface area (Å²) < 4.78 is 10.8. The molecule has 3 rings (SSSR count). The highest BCUT2D eigenvalue weighted by molar-refractivity contribution is 5.60. The van der Waals surface area contributed by atoms with E-state index in [2.05, 4.69) is 59.3 Å². The van der Waals surface area contributed by atoms with Crippen molar-refractivity contribution < 1.29 is 9.26 Å². The molecule has 1 fully saturated rings. The number of hydrogen-bond acceptors (Lipinski definition) is 6. The maximum absolute atomic E-state index is 5.42. The molecule has 1 aromatic carbocycles.